The van der Waals surface area contributed by atoms with E-state index in [1.54, 1.807) is 0 Å². The van der Waals surface area contributed by atoms with Gasteiger partial charge in [-0.3, -0.25) is 10.1 Å². The molecule has 2 rings (SSSR count). The summed E-state index contributed by atoms with van der Waals surface area (Å²) in [6.45, 7) is 5.96. The summed E-state index contributed by atoms with van der Waals surface area (Å²) >= 11 is 0. The minimum atomic E-state index is 0.293. The van der Waals surface area contributed by atoms with Crippen molar-refractivity contribution in [3.05, 3.63) is 0 Å². The summed E-state index contributed by atoms with van der Waals surface area (Å²) in [6.07, 6.45) is 9.54. The highest BCUT2D eigenvalue weighted by Gasteiger charge is 2.30. The average molecular weight is 252 g/mol. The molecule has 1 atom stereocenters. The van der Waals surface area contributed by atoms with Gasteiger partial charge in [-0.15, -0.1) is 0 Å². The topological polar surface area (TPSA) is 32.3 Å². The maximum absolute atomic E-state index is 11.9. The summed E-state index contributed by atoms with van der Waals surface area (Å²) in [4.78, 5) is 14.0. The fourth-order valence-electron chi connectivity index (χ4n) is 3.33. The van der Waals surface area contributed by atoms with E-state index < -0.39 is 0 Å². The van der Waals surface area contributed by atoms with Crippen LogP contribution in [0.25, 0.3) is 0 Å². The molecule has 0 radical (unpaired) electrons. The molecule has 0 spiro atoms. The second-order valence-corrected chi connectivity index (χ2v) is 6.41. The largest absolute Gasteiger partial charge is 0.326 e. The molecular weight excluding hydrogens is 224 g/mol. The predicted molar refractivity (Wildman–Crippen MR) is 74.2 cm³/mol. The fraction of sp³-hybridized carbons (Fsp3) is 0.933. The summed E-state index contributed by atoms with van der Waals surface area (Å²) in [5.41, 5.74) is 0. The minimum Gasteiger partial charge on any atom is -0.326 e. The Morgan fingerprint density at radius 1 is 1.28 bits per heavy atom. The molecule has 1 saturated heterocycles. The van der Waals surface area contributed by atoms with E-state index in [0.717, 1.165) is 18.9 Å². The molecule has 0 bridgehead atoms. The lowest BCUT2D eigenvalue weighted by atomic mass is 9.87. The standard InChI is InChI=1S/C15H28N2O/c1-12(2)10-14-16-11-15(18)17(14)9-8-13-6-4-3-5-7-13/h12-14,16H,3-11H2,1-2H3. The zero-order valence-corrected chi connectivity index (χ0v) is 12.0. The van der Waals surface area contributed by atoms with Gasteiger partial charge in [0, 0.05) is 6.54 Å². The van der Waals surface area contributed by atoms with E-state index >= 15 is 0 Å². The molecule has 18 heavy (non-hydrogen) atoms. The van der Waals surface area contributed by atoms with Gasteiger partial charge in [0.15, 0.2) is 0 Å². The van der Waals surface area contributed by atoms with Crippen molar-refractivity contribution in [2.24, 2.45) is 11.8 Å². The molecule has 1 saturated carbocycles. The van der Waals surface area contributed by atoms with Gasteiger partial charge in [0.2, 0.25) is 5.91 Å². The number of rotatable bonds is 5. The number of nitrogens with one attached hydrogen (secondary N) is 1. The Labute approximate surface area is 111 Å². The van der Waals surface area contributed by atoms with Crippen LogP contribution in [0.5, 0.6) is 0 Å². The number of hydrogen-bond donors (Lipinski definition) is 1. The molecule has 1 aliphatic carbocycles. The van der Waals surface area contributed by atoms with E-state index in [-0.39, 0.29) is 0 Å². The van der Waals surface area contributed by atoms with Crippen LogP contribution >= 0.6 is 0 Å². The summed E-state index contributed by atoms with van der Waals surface area (Å²) in [7, 11) is 0. The summed E-state index contributed by atoms with van der Waals surface area (Å²) in [5, 5.41) is 3.35. The summed E-state index contributed by atoms with van der Waals surface area (Å²) < 4.78 is 0. The van der Waals surface area contributed by atoms with Crippen LogP contribution in [-0.4, -0.2) is 30.1 Å². The van der Waals surface area contributed by atoms with Crippen LogP contribution < -0.4 is 5.32 Å². The van der Waals surface area contributed by atoms with Crippen molar-refractivity contribution in [3.63, 3.8) is 0 Å². The van der Waals surface area contributed by atoms with Crippen LogP contribution in [-0.2, 0) is 4.79 Å². The molecule has 3 heteroatoms. The first kappa shape index (κ1) is 13.9. The van der Waals surface area contributed by atoms with Crippen LogP contribution in [0.1, 0.15) is 58.8 Å². The third kappa shape index (κ3) is 3.71. The molecule has 1 aliphatic heterocycles. The van der Waals surface area contributed by atoms with Crippen LogP contribution in [0.4, 0.5) is 0 Å². The van der Waals surface area contributed by atoms with Crippen molar-refractivity contribution < 1.29 is 4.79 Å². The third-order valence-corrected chi connectivity index (χ3v) is 4.38. The first-order chi connectivity index (χ1) is 8.66. The third-order valence-electron chi connectivity index (χ3n) is 4.38. The smallest absolute Gasteiger partial charge is 0.237 e. The van der Waals surface area contributed by atoms with Crippen molar-refractivity contribution in [2.45, 2.75) is 65.0 Å². The normalized spacial score (nSPS) is 26.3. The molecule has 1 amide bonds. The van der Waals surface area contributed by atoms with Gasteiger partial charge in [-0.1, -0.05) is 46.0 Å². The fourth-order valence-corrected chi connectivity index (χ4v) is 3.33. The molecule has 3 nitrogen and oxygen atoms in total. The Balaban J connectivity index is 1.79. The van der Waals surface area contributed by atoms with Gasteiger partial charge in [-0.2, -0.15) is 0 Å². The van der Waals surface area contributed by atoms with Crippen LogP contribution in [0.15, 0.2) is 0 Å². The SMILES string of the molecule is CC(C)CC1NCC(=O)N1CCC1CCCCC1. The van der Waals surface area contributed by atoms with Gasteiger partial charge >= 0.3 is 0 Å². The predicted octanol–water partition coefficient (Wildman–Crippen LogP) is 2.76. The zero-order chi connectivity index (χ0) is 13.0. The van der Waals surface area contributed by atoms with Crippen LogP contribution in [0.3, 0.4) is 0 Å². The molecule has 1 unspecified atom stereocenters. The van der Waals surface area contributed by atoms with Gasteiger partial charge < -0.3 is 4.90 Å². The first-order valence-corrected chi connectivity index (χ1v) is 7.69. The highest BCUT2D eigenvalue weighted by molar-refractivity contribution is 5.80. The molecule has 1 N–H and O–H groups in total. The second-order valence-electron chi connectivity index (χ2n) is 6.41. The number of nitrogens with zero attached hydrogens (tertiary/aromatic N) is 1. The Hall–Kier alpha value is -0.570. The van der Waals surface area contributed by atoms with Crippen molar-refractivity contribution in [1.82, 2.24) is 10.2 Å². The maximum Gasteiger partial charge on any atom is 0.237 e. The van der Waals surface area contributed by atoms with Crippen molar-refractivity contribution in [1.29, 1.82) is 0 Å². The molecule has 2 aliphatic rings. The molecular formula is C15H28N2O. The lowest BCUT2D eigenvalue weighted by Gasteiger charge is -2.29. The Kier molecular flexibility index (Phi) is 5.04. The van der Waals surface area contributed by atoms with Crippen LogP contribution in [0, 0.1) is 11.8 Å². The van der Waals surface area contributed by atoms with Crippen molar-refractivity contribution in [2.75, 3.05) is 13.1 Å². The molecule has 0 aromatic rings. The highest BCUT2D eigenvalue weighted by atomic mass is 16.2. The number of carbonyl (C=O) groups excluding carboxylic acids is 1. The van der Waals surface area contributed by atoms with Gasteiger partial charge in [0.05, 0.1) is 12.7 Å². The molecule has 0 aromatic heterocycles. The monoisotopic (exact) mass is 252 g/mol. The van der Waals surface area contributed by atoms with E-state index in [4.69, 9.17) is 0 Å². The Bertz CT molecular complexity index is 272. The Morgan fingerprint density at radius 2 is 2.00 bits per heavy atom. The second kappa shape index (κ2) is 6.55. The summed E-state index contributed by atoms with van der Waals surface area (Å²) in [5.74, 6) is 1.81. The molecule has 104 valence electrons. The lowest BCUT2D eigenvalue weighted by molar-refractivity contribution is -0.128. The van der Waals surface area contributed by atoms with Gasteiger partial charge in [0.25, 0.3) is 0 Å². The molecule has 0 aromatic carbocycles. The summed E-state index contributed by atoms with van der Waals surface area (Å²) in [6, 6.07) is 0. The number of hydrogen-bond acceptors (Lipinski definition) is 2. The van der Waals surface area contributed by atoms with E-state index in [2.05, 4.69) is 24.1 Å². The van der Waals surface area contributed by atoms with Gasteiger partial charge in [-0.25, -0.2) is 0 Å². The van der Waals surface area contributed by atoms with E-state index in [9.17, 15) is 4.79 Å². The van der Waals surface area contributed by atoms with Gasteiger partial charge in [-0.05, 0) is 24.7 Å². The van der Waals surface area contributed by atoms with E-state index in [1.807, 2.05) is 0 Å². The highest BCUT2D eigenvalue weighted by Crippen LogP contribution is 2.27. The Morgan fingerprint density at radius 3 is 2.67 bits per heavy atom. The number of carbonyl (C=O) groups is 1. The van der Waals surface area contributed by atoms with Crippen molar-refractivity contribution >= 4 is 5.91 Å². The van der Waals surface area contributed by atoms with Crippen LogP contribution in [0.2, 0.25) is 0 Å². The maximum atomic E-state index is 11.9. The minimum absolute atomic E-state index is 0.293. The average Bonchev–Trinajstić information content (AvgIpc) is 2.68. The zero-order valence-electron chi connectivity index (χ0n) is 12.0. The first-order valence-electron chi connectivity index (χ1n) is 7.69. The van der Waals surface area contributed by atoms with Gasteiger partial charge in [0.1, 0.15) is 0 Å². The molecule has 2 fully saturated rings. The van der Waals surface area contributed by atoms with Crippen molar-refractivity contribution in [3.8, 4) is 0 Å². The quantitative estimate of drug-likeness (QED) is 0.816. The molecule has 1 heterocycles. The van der Waals surface area contributed by atoms with E-state index in [1.165, 1.54) is 38.5 Å². The number of amides is 1. The lowest BCUT2D eigenvalue weighted by Crippen LogP contribution is -2.39. The van der Waals surface area contributed by atoms with E-state index in [0.29, 0.717) is 24.5 Å².